The van der Waals surface area contributed by atoms with Crippen LogP contribution in [0.3, 0.4) is 0 Å². The monoisotopic (exact) mass is 90.0 g/mol. The molecule has 0 fully saturated rings. The summed E-state index contributed by atoms with van der Waals surface area (Å²) in [4.78, 5) is 0. The van der Waals surface area contributed by atoms with E-state index in [0.717, 1.165) is 8.20 Å². The highest BCUT2D eigenvalue weighted by Gasteiger charge is 1.31. The van der Waals surface area contributed by atoms with Crippen molar-refractivity contribution in [2.45, 2.75) is 0 Å². The second-order valence-electron chi connectivity index (χ2n) is 0.312. The van der Waals surface area contributed by atoms with Crippen LogP contribution in [-0.2, 0) is 0 Å². The van der Waals surface area contributed by atoms with Crippen molar-refractivity contribution in [1.82, 2.24) is 0 Å². The minimum atomic E-state index is 1.04. The summed E-state index contributed by atoms with van der Waals surface area (Å²) < 4.78 is 0. The van der Waals surface area contributed by atoms with E-state index in [1.54, 1.807) is 5.54 Å². The number of hydrogen-bond donors (Lipinski definition) is 0. The summed E-state index contributed by atoms with van der Waals surface area (Å²) in [5, 5.41) is 0. The summed E-state index contributed by atoms with van der Waals surface area (Å²) in [6.07, 6.45) is 3.47. The van der Waals surface area contributed by atoms with E-state index < -0.39 is 0 Å². The Morgan fingerprint density at radius 1 is 2.00 bits per heavy atom. The molecule has 0 aromatic carbocycles. The van der Waals surface area contributed by atoms with E-state index in [1.165, 1.54) is 0 Å². The zero-order valence-corrected chi connectivity index (χ0v) is 4.13. The van der Waals surface area contributed by atoms with Gasteiger partial charge in [0.05, 0.1) is 0 Å². The Morgan fingerprint density at radius 2 is 2.25 bits per heavy atom. The predicted molar refractivity (Wildman–Crippen MR) is 28.4 cm³/mol. The molecule has 0 radical (unpaired) electrons. The molecule has 2 heteroatoms. The lowest BCUT2D eigenvalue weighted by atomic mass is 11.9. The van der Waals surface area contributed by atoms with E-state index in [4.69, 9.17) is 0 Å². The standard InChI is InChI=1S/C2H4P2/c1-4-2-3/h2-3H,1H2. The van der Waals surface area contributed by atoms with Gasteiger partial charge >= 0.3 is 0 Å². The van der Waals surface area contributed by atoms with Gasteiger partial charge in [0.15, 0.2) is 0 Å². The Bertz CT molecular complexity index is 25.0. The van der Waals surface area contributed by atoms with E-state index in [2.05, 4.69) is 15.2 Å². The van der Waals surface area contributed by atoms with Gasteiger partial charge in [0.25, 0.3) is 0 Å². The van der Waals surface area contributed by atoms with Crippen molar-refractivity contribution in [1.29, 1.82) is 0 Å². The number of hydrogen-bond acceptors (Lipinski definition) is 0. The molecule has 22 valence electrons. The maximum absolute atomic E-state index is 3.47. The molecule has 0 atom stereocenters. The average Bonchev–Trinajstić information content (AvgIpc) is 1.37. The van der Waals surface area contributed by atoms with Gasteiger partial charge in [-0.15, -0.1) is 8.86 Å². The molecule has 0 spiro atoms. The van der Waals surface area contributed by atoms with E-state index in [0.29, 0.717) is 0 Å². The van der Waals surface area contributed by atoms with Crippen LogP contribution >= 0.6 is 17.1 Å². The molecule has 4 heavy (non-hydrogen) atoms. The smallest absolute Gasteiger partial charge is 0.0150 e. The SMILES string of the molecule is C=PC=P. The highest BCUT2D eigenvalue weighted by molar-refractivity contribution is 7.63. The molecule has 0 heterocycles. The minimum Gasteiger partial charge on any atom is -0.117 e. The zero-order chi connectivity index (χ0) is 3.41. The predicted octanol–water partition coefficient (Wildman–Crippen LogP) is 1.27. The van der Waals surface area contributed by atoms with Gasteiger partial charge in [0.2, 0.25) is 0 Å². The normalized spacial score (nSPS) is 7.00. The van der Waals surface area contributed by atoms with Crippen LogP contribution in [0.4, 0.5) is 0 Å². The first-order chi connectivity index (χ1) is 1.91. The van der Waals surface area contributed by atoms with Gasteiger partial charge in [0, 0.05) is 0 Å². The fourth-order valence-corrected chi connectivity index (χ4v) is 0. The van der Waals surface area contributed by atoms with Crippen molar-refractivity contribution in [2.75, 3.05) is 0 Å². The topological polar surface area (TPSA) is 0 Å². The van der Waals surface area contributed by atoms with Crippen LogP contribution < -0.4 is 0 Å². The second-order valence-corrected chi connectivity index (χ2v) is 1.71. The van der Waals surface area contributed by atoms with Crippen molar-refractivity contribution >= 4 is 28.9 Å². The molecule has 0 rings (SSSR count). The molecule has 0 aliphatic carbocycles. The van der Waals surface area contributed by atoms with E-state index in [1.807, 2.05) is 0 Å². The lowest BCUT2D eigenvalue weighted by Gasteiger charge is -1.42. The Kier molecular flexibility index (Phi) is 3.62. The van der Waals surface area contributed by atoms with Crippen LogP contribution in [0.25, 0.3) is 0 Å². The first-order valence-electron chi connectivity index (χ1n) is 0.863. The maximum atomic E-state index is 3.47. The first-order valence-corrected chi connectivity index (χ1v) is 2.59. The second kappa shape index (κ2) is 3.34. The Hall–Kier alpha value is 0.340. The third-order valence-electron chi connectivity index (χ3n) is 0.0913. The van der Waals surface area contributed by atoms with E-state index in [9.17, 15) is 0 Å². The number of rotatable bonds is 1. The maximum Gasteiger partial charge on any atom is -0.0150 e. The molecule has 0 aliphatic rings. The van der Waals surface area contributed by atoms with Gasteiger partial charge in [-0.2, -0.15) is 0 Å². The lowest BCUT2D eigenvalue weighted by molar-refractivity contribution is 4.30. The third kappa shape index (κ3) is 2.34. The Labute approximate surface area is 29.9 Å². The molecule has 0 amide bonds. The fraction of sp³-hybridized carbons (Fsp3) is 0. The average molecular weight is 90.0 g/mol. The van der Waals surface area contributed by atoms with E-state index in [-0.39, 0.29) is 0 Å². The summed E-state index contributed by atoms with van der Waals surface area (Å²) in [5.41, 5.74) is 1.79. The molecule has 0 unspecified atom stereocenters. The van der Waals surface area contributed by atoms with Crippen LogP contribution in [0.15, 0.2) is 0 Å². The molecular weight excluding hydrogens is 86.0 g/mol. The zero-order valence-electron chi connectivity index (χ0n) is 2.23. The summed E-state index contributed by atoms with van der Waals surface area (Å²) in [6.45, 7) is 0. The largest absolute Gasteiger partial charge is 0.117 e. The minimum absolute atomic E-state index is 1.04. The highest BCUT2D eigenvalue weighted by Crippen LogP contribution is 1.77. The van der Waals surface area contributed by atoms with Crippen LogP contribution in [0.2, 0.25) is 0 Å². The molecule has 0 nitrogen and oxygen atoms in total. The van der Waals surface area contributed by atoms with Crippen molar-refractivity contribution < 1.29 is 0 Å². The van der Waals surface area contributed by atoms with Crippen molar-refractivity contribution in [3.63, 3.8) is 0 Å². The summed E-state index contributed by atoms with van der Waals surface area (Å²) in [6, 6.07) is 0. The van der Waals surface area contributed by atoms with Gasteiger partial charge < -0.3 is 0 Å². The van der Waals surface area contributed by atoms with Crippen LogP contribution in [0.5, 0.6) is 0 Å². The summed E-state index contributed by atoms with van der Waals surface area (Å²) in [7, 11) is 4.12. The van der Waals surface area contributed by atoms with Crippen molar-refractivity contribution in [3.8, 4) is 0 Å². The molecule has 0 saturated heterocycles. The fourth-order valence-electron chi connectivity index (χ4n) is 0. The highest BCUT2D eigenvalue weighted by atomic mass is 31.1. The third-order valence-corrected chi connectivity index (χ3v) is 0.822. The summed E-state index contributed by atoms with van der Waals surface area (Å²) in [5.74, 6) is 0. The molecule has 0 saturated carbocycles. The first kappa shape index (κ1) is 4.34. The van der Waals surface area contributed by atoms with Gasteiger partial charge in [-0.3, -0.25) is 0 Å². The lowest BCUT2D eigenvalue weighted by Crippen LogP contribution is -1.19. The van der Waals surface area contributed by atoms with Crippen LogP contribution in [0, 0.1) is 0 Å². The molecule has 0 bridgehead atoms. The van der Waals surface area contributed by atoms with Gasteiger partial charge in [-0.25, -0.2) is 0 Å². The molecule has 0 N–H and O–H groups in total. The van der Waals surface area contributed by atoms with Crippen LogP contribution in [-0.4, -0.2) is 11.8 Å². The Morgan fingerprint density at radius 3 is 2.25 bits per heavy atom. The summed E-state index contributed by atoms with van der Waals surface area (Å²) >= 11 is 0. The molecule has 0 aromatic heterocycles. The van der Waals surface area contributed by atoms with Gasteiger partial charge in [-0.1, -0.05) is 14.5 Å². The quantitative estimate of drug-likeness (QED) is 0.425. The molecule has 0 aromatic rings. The molecular formula is C2H4P2. The van der Waals surface area contributed by atoms with Gasteiger partial charge in [0.1, 0.15) is 0 Å². The van der Waals surface area contributed by atoms with Crippen molar-refractivity contribution in [2.24, 2.45) is 0 Å². The Balaban J connectivity index is 2.73. The van der Waals surface area contributed by atoms with Crippen LogP contribution in [0.1, 0.15) is 0 Å². The van der Waals surface area contributed by atoms with E-state index >= 15 is 0 Å². The van der Waals surface area contributed by atoms with Gasteiger partial charge in [-0.05, 0) is 5.54 Å². The molecule has 0 aliphatic heterocycles. The van der Waals surface area contributed by atoms with Crippen molar-refractivity contribution in [3.05, 3.63) is 0 Å².